The first-order valence-electron chi connectivity index (χ1n) is 10.1. The number of fused-ring (bicyclic) bond motifs is 1. The van der Waals surface area contributed by atoms with Crippen LogP contribution in [0.25, 0.3) is 0 Å². The molecular formula is C22H20F3N5O4. The van der Waals surface area contributed by atoms with E-state index >= 15 is 0 Å². The summed E-state index contributed by atoms with van der Waals surface area (Å²) in [6.07, 6.45) is -3.31. The zero-order chi connectivity index (χ0) is 24.6. The van der Waals surface area contributed by atoms with Gasteiger partial charge in [0, 0.05) is 6.54 Å². The standard InChI is InChI=1S/C22H20F3N5O4/c1-12-11-29(17-9-8-14(22(23,24)25)20(28-17)34-3)21(32)18-15(10-26-30(12)18)27-19(31)13-6-4-5-7-16(13)33-2/h4-10,12H,11H2,1-3H3,(H,27,31)/t12-/m0/s1. The number of halogens is 3. The fraction of sp³-hybridized carbons (Fsp3) is 0.273. The maximum Gasteiger partial charge on any atom is 0.421 e. The van der Waals surface area contributed by atoms with Gasteiger partial charge in [-0.2, -0.15) is 23.3 Å². The summed E-state index contributed by atoms with van der Waals surface area (Å²) in [5, 5.41) is 6.89. The summed E-state index contributed by atoms with van der Waals surface area (Å²) in [5.41, 5.74) is -0.572. The maximum atomic E-state index is 13.4. The molecule has 0 radical (unpaired) electrons. The lowest BCUT2D eigenvalue weighted by atomic mass is 10.1. The number of para-hydroxylation sites is 1. The van der Waals surface area contributed by atoms with Crippen molar-refractivity contribution in [2.75, 3.05) is 31.0 Å². The molecule has 0 bridgehead atoms. The number of alkyl halides is 3. The summed E-state index contributed by atoms with van der Waals surface area (Å²) in [4.78, 5) is 31.3. The fourth-order valence-corrected chi connectivity index (χ4v) is 3.73. The Labute approximate surface area is 192 Å². The highest BCUT2D eigenvalue weighted by Crippen LogP contribution is 2.37. The van der Waals surface area contributed by atoms with Crippen LogP contribution in [0.5, 0.6) is 11.6 Å². The van der Waals surface area contributed by atoms with Gasteiger partial charge in [-0.1, -0.05) is 12.1 Å². The number of rotatable bonds is 5. The molecule has 0 saturated carbocycles. The van der Waals surface area contributed by atoms with E-state index in [1.54, 1.807) is 31.2 Å². The lowest BCUT2D eigenvalue weighted by molar-refractivity contribution is -0.139. The smallest absolute Gasteiger partial charge is 0.421 e. The topological polar surface area (TPSA) is 98.6 Å². The molecule has 0 unspecified atom stereocenters. The van der Waals surface area contributed by atoms with E-state index < -0.39 is 29.4 Å². The highest BCUT2D eigenvalue weighted by atomic mass is 19.4. The van der Waals surface area contributed by atoms with Crippen molar-refractivity contribution in [2.24, 2.45) is 0 Å². The molecule has 2 aromatic heterocycles. The normalized spacial score (nSPS) is 15.6. The van der Waals surface area contributed by atoms with Crippen molar-refractivity contribution < 1.29 is 32.2 Å². The molecule has 2 amide bonds. The Bertz CT molecular complexity index is 1260. The molecule has 9 nitrogen and oxygen atoms in total. The van der Waals surface area contributed by atoms with Gasteiger partial charge >= 0.3 is 6.18 Å². The monoisotopic (exact) mass is 475 g/mol. The highest BCUT2D eigenvalue weighted by Gasteiger charge is 2.38. The Morgan fingerprint density at radius 2 is 1.88 bits per heavy atom. The van der Waals surface area contributed by atoms with Gasteiger partial charge in [-0.25, -0.2) is 0 Å². The molecule has 3 aromatic rings. The van der Waals surface area contributed by atoms with Gasteiger partial charge in [-0.05, 0) is 31.2 Å². The van der Waals surface area contributed by atoms with Gasteiger partial charge in [0.15, 0.2) is 5.69 Å². The zero-order valence-corrected chi connectivity index (χ0v) is 18.4. The quantitative estimate of drug-likeness (QED) is 0.603. The third-order valence-electron chi connectivity index (χ3n) is 5.33. The van der Waals surface area contributed by atoms with Crippen LogP contribution in [0, 0.1) is 0 Å². The summed E-state index contributed by atoms with van der Waals surface area (Å²) >= 11 is 0. The summed E-state index contributed by atoms with van der Waals surface area (Å²) < 4.78 is 51.1. The molecule has 4 rings (SSSR count). The molecule has 12 heteroatoms. The second-order valence-electron chi connectivity index (χ2n) is 7.49. The van der Waals surface area contributed by atoms with Gasteiger partial charge in [0.2, 0.25) is 5.88 Å². The number of pyridine rings is 1. The lowest BCUT2D eigenvalue weighted by Gasteiger charge is -2.31. The van der Waals surface area contributed by atoms with Gasteiger partial charge in [0.05, 0.1) is 37.7 Å². The molecule has 0 aliphatic carbocycles. The maximum absolute atomic E-state index is 13.4. The van der Waals surface area contributed by atoms with E-state index in [1.807, 2.05) is 0 Å². The summed E-state index contributed by atoms with van der Waals surface area (Å²) in [6.45, 7) is 1.89. The van der Waals surface area contributed by atoms with E-state index in [4.69, 9.17) is 9.47 Å². The minimum atomic E-state index is -4.66. The predicted octanol–water partition coefficient (Wildman–Crippen LogP) is 3.79. The summed E-state index contributed by atoms with van der Waals surface area (Å²) in [6, 6.07) is 8.15. The molecule has 0 spiro atoms. The van der Waals surface area contributed by atoms with E-state index in [0.29, 0.717) is 5.75 Å². The zero-order valence-electron chi connectivity index (χ0n) is 18.4. The van der Waals surface area contributed by atoms with Crippen LogP contribution in [0.4, 0.5) is 24.7 Å². The largest absolute Gasteiger partial charge is 0.496 e. The predicted molar refractivity (Wildman–Crippen MR) is 115 cm³/mol. The van der Waals surface area contributed by atoms with Crippen LogP contribution in [0.15, 0.2) is 42.6 Å². The molecule has 1 aromatic carbocycles. The van der Waals surface area contributed by atoms with Gasteiger partial charge in [0.1, 0.15) is 17.1 Å². The van der Waals surface area contributed by atoms with Crippen molar-refractivity contribution in [2.45, 2.75) is 19.1 Å². The number of hydrogen-bond donors (Lipinski definition) is 1. The first-order valence-corrected chi connectivity index (χ1v) is 10.1. The van der Waals surface area contributed by atoms with E-state index in [0.717, 1.165) is 19.2 Å². The molecule has 0 fully saturated rings. The minimum Gasteiger partial charge on any atom is -0.496 e. The number of ether oxygens (including phenoxy) is 2. The molecule has 178 valence electrons. The molecule has 0 saturated heterocycles. The molecular weight excluding hydrogens is 455 g/mol. The van der Waals surface area contributed by atoms with Crippen LogP contribution in [-0.4, -0.2) is 47.3 Å². The van der Waals surface area contributed by atoms with Crippen molar-refractivity contribution in [3.05, 3.63) is 59.4 Å². The number of methoxy groups -OCH3 is 2. The van der Waals surface area contributed by atoms with Crippen molar-refractivity contribution >= 4 is 23.3 Å². The number of nitrogens with one attached hydrogen (secondary N) is 1. The van der Waals surface area contributed by atoms with Gasteiger partial charge in [0.25, 0.3) is 11.8 Å². The molecule has 1 N–H and O–H groups in total. The molecule has 3 heterocycles. The van der Waals surface area contributed by atoms with Crippen LogP contribution < -0.4 is 19.7 Å². The van der Waals surface area contributed by atoms with Crippen LogP contribution in [0.3, 0.4) is 0 Å². The van der Waals surface area contributed by atoms with E-state index in [-0.39, 0.29) is 35.3 Å². The average Bonchev–Trinajstić information content (AvgIpc) is 3.24. The lowest BCUT2D eigenvalue weighted by Crippen LogP contribution is -2.43. The number of anilines is 2. The van der Waals surface area contributed by atoms with Crippen molar-refractivity contribution in [3.63, 3.8) is 0 Å². The third-order valence-corrected chi connectivity index (χ3v) is 5.33. The Kier molecular flexibility index (Phi) is 5.90. The number of amides is 2. The number of nitrogens with zero attached hydrogens (tertiary/aromatic N) is 4. The number of carbonyl (C=O) groups excluding carboxylic acids is 2. The first-order chi connectivity index (χ1) is 16.2. The highest BCUT2D eigenvalue weighted by molar-refractivity contribution is 6.13. The SMILES string of the molecule is COc1ccccc1C(=O)Nc1cnn2c1C(=O)N(c1ccc(C(F)(F)F)c(OC)n1)C[C@@H]2C. The second-order valence-corrected chi connectivity index (χ2v) is 7.49. The van der Waals surface area contributed by atoms with Crippen LogP contribution in [-0.2, 0) is 6.18 Å². The summed E-state index contributed by atoms with van der Waals surface area (Å²) in [7, 11) is 2.50. The Hall–Kier alpha value is -4.09. The van der Waals surface area contributed by atoms with Gasteiger partial charge in [-0.3, -0.25) is 19.2 Å². The molecule has 1 aliphatic heterocycles. The number of carbonyl (C=O) groups is 2. The van der Waals surface area contributed by atoms with Crippen molar-refractivity contribution in [1.29, 1.82) is 0 Å². The third kappa shape index (κ3) is 4.02. The van der Waals surface area contributed by atoms with Gasteiger partial charge in [-0.15, -0.1) is 0 Å². The van der Waals surface area contributed by atoms with E-state index in [2.05, 4.69) is 15.4 Å². The Balaban J connectivity index is 1.68. The van der Waals surface area contributed by atoms with E-state index in [1.165, 1.54) is 22.9 Å². The number of aromatic nitrogens is 3. The molecule has 1 atom stereocenters. The van der Waals surface area contributed by atoms with Crippen molar-refractivity contribution in [1.82, 2.24) is 14.8 Å². The van der Waals surface area contributed by atoms with E-state index in [9.17, 15) is 22.8 Å². The van der Waals surface area contributed by atoms with Crippen LogP contribution >= 0.6 is 0 Å². The molecule has 34 heavy (non-hydrogen) atoms. The Morgan fingerprint density at radius 3 is 2.56 bits per heavy atom. The second kappa shape index (κ2) is 8.69. The van der Waals surface area contributed by atoms with Crippen LogP contribution in [0.2, 0.25) is 0 Å². The Morgan fingerprint density at radius 1 is 1.15 bits per heavy atom. The molecule has 1 aliphatic rings. The number of benzene rings is 1. The number of hydrogen-bond acceptors (Lipinski definition) is 6. The minimum absolute atomic E-state index is 0.0174. The summed E-state index contributed by atoms with van der Waals surface area (Å²) in [5.74, 6) is -1.41. The first kappa shape index (κ1) is 23.1. The van der Waals surface area contributed by atoms with Crippen LogP contribution in [0.1, 0.15) is 39.4 Å². The average molecular weight is 475 g/mol. The van der Waals surface area contributed by atoms with Gasteiger partial charge < -0.3 is 14.8 Å². The fourth-order valence-electron chi connectivity index (χ4n) is 3.73. The van der Waals surface area contributed by atoms with Crippen molar-refractivity contribution in [3.8, 4) is 11.6 Å².